The van der Waals surface area contributed by atoms with Gasteiger partial charge in [-0.15, -0.1) is 0 Å². The number of allylic oxidation sites excluding steroid dienone is 2. The van der Waals surface area contributed by atoms with Crippen molar-refractivity contribution in [1.29, 1.82) is 0 Å². The Balaban J connectivity index is 1.84. The second-order valence-electron chi connectivity index (χ2n) is 7.33. The van der Waals surface area contributed by atoms with Crippen LogP contribution in [0.3, 0.4) is 0 Å². The average Bonchev–Trinajstić information content (AvgIpc) is 2.73. The van der Waals surface area contributed by atoms with Crippen molar-refractivity contribution in [3.63, 3.8) is 0 Å². The SMILES string of the molecule is COc1ccccc1[C@H]1O[C@@H](c2c(C)cccc2Cl)OC[C@H]1C/C=C\CCC(=O)O. The van der Waals surface area contributed by atoms with Gasteiger partial charge in [0, 0.05) is 28.5 Å². The van der Waals surface area contributed by atoms with Gasteiger partial charge in [-0.25, -0.2) is 0 Å². The molecule has 0 saturated carbocycles. The molecule has 5 nitrogen and oxygen atoms in total. The minimum absolute atomic E-state index is 0.0569. The number of hydrogen-bond donors (Lipinski definition) is 1. The van der Waals surface area contributed by atoms with E-state index in [2.05, 4.69) is 0 Å². The summed E-state index contributed by atoms with van der Waals surface area (Å²) in [5, 5.41) is 9.41. The van der Waals surface area contributed by atoms with E-state index in [-0.39, 0.29) is 18.4 Å². The fourth-order valence-corrected chi connectivity index (χ4v) is 4.00. The molecule has 1 aliphatic rings. The van der Waals surface area contributed by atoms with Crippen LogP contribution in [0, 0.1) is 12.8 Å². The highest BCUT2D eigenvalue weighted by Gasteiger charge is 2.36. The summed E-state index contributed by atoms with van der Waals surface area (Å²) in [5.41, 5.74) is 2.81. The van der Waals surface area contributed by atoms with Crippen LogP contribution < -0.4 is 4.74 Å². The Labute approximate surface area is 182 Å². The van der Waals surface area contributed by atoms with Gasteiger partial charge in [-0.3, -0.25) is 4.79 Å². The Morgan fingerprint density at radius 2 is 2.03 bits per heavy atom. The minimum atomic E-state index is -0.797. The van der Waals surface area contributed by atoms with Crippen molar-refractivity contribution in [3.05, 3.63) is 76.3 Å². The first kappa shape index (κ1) is 22.3. The second-order valence-corrected chi connectivity index (χ2v) is 7.74. The second kappa shape index (κ2) is 10.6. The third-order valence-electron chi connectivity index (χ3n) is 5.24. The number of carbonyl (C=O) groups is 1. The molecule has 160 valence electrons. The molecule has 1 aliphatic heterocycles. The van der Waals surface area contributed by atoms with Gasteiger partial charge in [0.25, 0.3) is 0 Å². The lowest BCUT2D eigenvalue weighted by Crippen LogP contribution is -2.31. The highest BCUT2D eigenvalue weighted by atomic mass is 35.5. The maximum absolute atomic E-state index is 10.7. The molecule has 0 amide bonds. The van der Waals surface area contributed by atoms with Crippen LogP contribution >= 0.6 is 11.6 Å². The van der Waals surface area contributed by atoms with E-state index >= 15 is 0 Å². The number of carboxylic acid groups (broad SMARTS) is 1. The van der Waals surface area contributed by atoms with Gasteiger partial charge in [0.15, 0.2) is 6.29 Å². The van der Waals surface area contributed by atoms with Crippen LogP contribution in [0.25, 0.3) is 0 Å². The van der Waals surface area contributed by atoms with Crippen LogP contribution in [-0.4, -0.2) is 24.8 Å². The Hall–Kier alpha value is -2.34. The molecule has 1 fully saturated rings. The van der Waals surface area contributed by atoms with Crippen LogP contribution in [0.2, 0.25) is 5.02 Å². The van der Waals surface area contributed by atoms with Gasteiger partial charge in [-0.1, -0.05) is 54.1 Å². The average molecular weight is 431 g/mol. The monoisotopic (exact) mass is 430 g/mol. The van der Waals surface area contributed by atoms with Crippen molar-refractivity contribution < 1.29 is 24.1 Å². The molecular formula is C24H27ClO5. The lowest BCUT2D eigenvalue weighted by Gasteiger charge is -2.38. The molecule has 1 N–H and O–H groups in total. The molecule has 0 unspecified atom stereocenters. The molecule has 0 aromatic heterocycles. The topological polar surface area (TPSA) is 65.0 Å². The number of benzene rings is 2. The van der Waals surface area contributed by atoms with Gasteiger partial charge >= 0.3 is 5.97 Å². The minimum Gasteiger partial charge on any atom is -0.496 e. The highest BCUT2D eigenvalue weighted by Crippen LogP contribution is 2.44. The third-order valence-corrected chi connectivity index (χ3v) is 5.57. The van der Waals surface area contributed by atoms with E-state index in [1.165, 1.54) is 0 Å². The molecule has 6 heteroatoms. The van der Waals surface area contributed by atoms with Crippen LogP contribution in [0.15, 0.2) is 54.6 Å². The Kier molecular flexibility index (Phi) is 7.91. The highest BCUT2D eigenvalue weighted by molar-refractivity contribution is 6.31. The molecule has 1 saturated heterocycles. The number of aryl methyl sites for hydroxylation is 1. The van der Waals surface area contributed by atoms with E-state index in [4.69, 9.17) is 30.9 Å². The van der Waals surface area contributed by atoms with Crippen molar-refractivity contribution in [2.75, 3.05) is 13.7 Å². The zero-order valence-electron chi connectivity index (χ0n) is 17.2. The smallest absolute Gasteiger partial charge is 0.303 e. The zero-order chi connectivity index (χ0) is 21.5. The van der Waals surface area contributed by atoms with E-state index in [1.807, 2.05) is 61.5 Å². The van der Waals surface area contributed by atoms with Gasteiger partial charge in [0.1, 0.15) is 5.75 Å². The Bertz CT molecular complexity index is 875. The molecule has 0 radical (unpaired) electrons. The Morgan fingerprint density at radius 3 is 2.77 bits per heavy atom. The number of carboxylic acids is 1. The maximum atomic E-state index is 10.7. The first-order valence-corrected chi connectivity index (χ1v) is 10.4. The number of halogens is 1. The molecule has 0 spiro atoms. The number of methoxy groups -OCH3 is 1. The molecule has 3 atom stereocenters. The number of para-hydroxylation sites is 1. The molecular weight excluding hydrogens is 404 g/mol. The number of aliphatic carboxylic acids is 1. The molecule has 30 heavy (non-hydrogen) atoms. The van der Waals surface area contributed by atoms with Crippen LogP contribution in [0.1, 0.15) is 48.3 Å². The lowest BCUT2D eigenvalue weighted by atomic mass is 9.91. The largest absolute Gasteiger partial charge is 0.496 e. The number of ether oxygens (including phenoxy) is 3. The summed E-state index contributed by atoms with van der Waals surface area (Å²) in [4.78, 5) is 10.7. The van der Waals surface area contributed by atoms with Crippen LogP contribution in [-0.2, 0) is 14.3 Å². The van der Waals surface area contributed by atoms with E-state index in [0.29, 0.717) is 24.5 Å². The quantitative estimate of drug-likeness (QED) is 0.530. The number of rotatable bonds is 8. The van der Waals surface area contributed by atoms with E-state index in [0.717, 1.165) is 22.4 Å². The molecule has 0 bridgehead atoms. The van der Waals surface area contributed by atoms with E-state index in [9.17, 15) is 4.79 Å². The summed E-state index contributed by atoms with van der Waals surface area (Å²) in [6, 6.07) is 13.6. The van der Waals surface area contributed by atoms with Gasteiger partial charge in [0.05, 0.1) is 19.8 Å². The van der Waals surface area contributed by atoms with E-state index < -0.39 is 12.3 Å². The lowest BCUT2D eigenvalue weighted by molar-refractivity contribution is -0.244. The first-order valence-electron chi connectivity index (χ1n) is 10.0. The summed E-state index contributed by atoms with van der Waals surface area (Å²) >= 11 is 6.45. The van der Waals surface area contributed by atoms with Crippen LogP contribution in [0.5, 0.6) is 5.75 Å². The van der Waals surface area contributed by atoms with E-state index in [1.54, 1.807) is 7.11 Å². The van der Waals surface area contributed by atoms with Gasteiger partial charge in [-0.2, -0.15) is 0 Å². The summed E-state index contributed by atoms with van der Waals surface area (Å²) < 4.78 is 18.1. The van der Waals surface area contributed by atoms with Crippen molar-refractivity contribution in [2.24, 2.45) is 5.92 Å². The predicted molar refractivity (Wildman–Crippen MR) is 116 cm³/mol. The zero-order valence-corrected chi connectivity index (χ0v) is 18.0. The fourth-order valence-electron chi connectivity index (χ4n) is 3.69. The summed E-state index contributed by atoms with van der Waals surface area (Å²) in [7, 11) is 1.65. The van der Waals surface area contributed by atoms with Gasteiger partial charge in [-0.05, 0) is 37.5 Å². The molecule has 2 aromatic carbocycles. The Morgan fingerprint density at radius 1 is 1.23 bits per heavy atom. The number of hydrogen-bond acceptors (Lipinski definition) is 4. The first-order chi connectivity index (χ1) is 14.5. The fraction of sp³-hybridized carbons (Fsp3) is 0.375. The molecule has 1 heterocycles. The summed E-state index contributed by atoms with van der Waals surface area (Å²) in [6.45, 7) is 2.48. The van der Waals surface area contributed by atoms with Crippen molar-refractivity contribution >= 4 is 17.6 Å². The predicted octanol–water partition coefficient (Wildman–Crippen LogP) is 5.87. The van der Waals surface area contributed by atoms with Gasteiger partial charge < -0.3 is 19.3 Å². The van der Waals surface area contributed by atoms with Gasteiger partial charge in [0.2, 0.25) is 0 Å². The summed E-state index contributed by atoms with van der Waals surface area (Å²) in [6.07, 6.45) is 4.42. The molecule has 3 rings (SSSR count). The summed E-state index contributed by atoms with van der Waals surface area (Å²) in [5.74, 6) is 0.0224. The van der Waals surface area contributed by atoms with Crippen LogP contribution in [0.4, 0.5) is 0 Å². The molecule has 2 aromatic rings. The standard InChI is InChI=1S/C24H27ClO5/c1-16-9-8-12-19(25)22(16)24-29-15-17(10-4-3-5-14-21(26)27)23(30-24)18-11-6-7-13-20(18)28-2/h3-4,6-9,11-13,17,23-24H,5,10,14-15H2,1-2H3,(H,26,27)/b4-3-/t17-,23+,24+/m1/s1. The molecule has 0 aliphatic carbocycles. The van der Waals surface area contributed by atoms with Crippen molar-refractivity contribution in [3.8, 4) is 5.75 Å². The third kappa shape index (κ3) is 5.42. The maximum Gasteiger partial charge on any atom is 0.303 e. The van der Waals surface area contributed by atoms with Crippen molar-refractivity contribution in [1.82, 2.24) is 0 Å². The van der Waals surface area contributed by atoms with Crippen molar-refractivity contribution in [2.45, 2.75) is 38.6 Å². The normalized spacial score (nSPS) is 21.6.